The number of fused-ring (bicyclic) bond motifs is 6. The van der Waals surface area contributed by atoms with Crippen molar-refractivity contribution in [3.63, 3.8) is 0 Å². The molecule has 0 aliphatic heterocycles. The lowest BCUT2D eigenvalue weighted by atomic mass is 10.0. The molecule has 2 aromatic heterocycles. The van der Waals surface area contributed by atoms with E-state index < -0.39 is 0 Å². The maximum absolute atomic E-state index is 2.48. The zero-order chi connectivity index (χ0) is 91.9. The molecule has 0 spiro atoms. The van der Waals surface area contributed by atoms with Crippen LogP contribution in [-0.2, 0) is 0 Å². The zero-order valence-electron chi connectivity index (χ0n) is 76.0. The second-order valence-electron chi connectivity index (χ2n) is 34.8. The predicted molar refractivity (Wildman–Crippen MR) is 584 cm³/mol. The summed E-state index contributed by atoms with van der Waals surface area (Å²) in [6.45, 7) is 0. The molecule has 6 heteroatoms. The lowest BCUT2D eigenvalue weighted by Gasteiger charge is -2.31. The lowest BCUT2D eigenvalue weighted by Crippen LogP contribution is -2.14. The van der Waals surface area contributed by atoms with Gasteiger partial charge in [0, 0.05) is 67.0 Å². The van der Waals surface area contributed by atoms with E-state index in [0.29, 0.717) is 0 Å². The van der Waals surface area contributed by atoms with Crippen LogP contribution >= 0.6 is 0 Å². The molecule has 0 saturated carbocycles. The Hall–Kier alpha value is -18.4. The van der Waals surface area contributed by atoms with Crippen LogP contribution in [0.15, 0.2) is 570 Å². The molecule has 0 saturated heterocycles. The second kappa shape index (κ2) is 38.1. The standard InChI is InChI=1S/C78H55N3.C54H39N3/c1-7-19-56(20-8-1)62-31-41-68(42-32-62)79(69-43-33-63(34-44-69)57-21-9-2-10-22-57)72-53-73(80(70-45-35-64(36-46-70)58-23-11-3-12-24-58)71-47-37-65(38-48-71)59-25-13-4-14-26-59)55-74(54-72)81-77-49-39-66(60-27-15-5-16-28-60)51-75(77)76-52-67(40-50-78(76)81)61-29-17-6-18-30-61;1-7-19-40(20-8-1)42-31-33-53-51(35-42)52-36-43(41-21-9-2-10-22-41)32-34-54(52)57(53)50-38-48(55(44-23-11-3-12-24-44)45-25-13-4-14-26-45)37-49(39-50)56(46-27-15-5-16-28-46)47-29-17-6-18-30-47/h1-55H;1-39H. The smallest absolute Gasteiger partial charge is 0.0541 e. The summed E-state index contributed by atoms with van der Waals surface area (Å²) in [5, 5.41) is 4.79. The topological polar surface area (TPSA) is 22.8 Å². The van der Waals surface area contributed by atoms with Gasteiger partial charge in [-0.15, -0.1) is 0 Å². The summed E-state index contributed by atoms with van der Waals surface area (Å²) in [6, 6.07) is 206. The van der Waals surface area contributed by atoms with Gasteiger partial charge in [-0.2, -0.15) is 0 Å². The number of hydrogen-bond donors (Lipinski definition) is 0. The summed E-state index contributed by atoms with van der Waals surface area (Å²) in [4.78, 5) is 9.55. The van der Waals surface area contributed by atoms with E-state index in [4.69, 9.17) is 0 Å². The quantitative estimate of drug-likeness (QED) is 0.0674. The van der Waals surface area contributed by atoms with Crippen LogP contribution in [0, 0.1) is 0 Å². The molecular weight excluding hydrogens is 1670 g/mol. The van der Waals surface area contributed by atoms with Gasteiger partial charge in [0.2, 0.25) is 0 Å². The lowest BCUT2D eigenvalue weighted by molar-refractivity contribution is 1.16. The number of aromatic nitrogens is 2. The number of nitrogens with zero attached hydrogens (tertiary/aromatic N) is 6. The van der Waals surface area contributed by atoms with Gasteiger partial charge in [0.05, 0.1) is 56.2 Å². The van der Waals surface area contributed by atoms with Gasteiger partial charge in [0.15, 0.2) is 0 Å². The minimum absolute atomic E-state index is 1.01. The molecule has 0 N–H and O–H groups in total. The molecule has 0 aliphatic carbocycles. The van der Waals surface area contributed by atoms with Crippen LogP contribution in [0.5, 0.6) is 0 Å². The maximum atomic E-state index is 2.48. The molecule has 0 aliphatic rings. The summed E-state index contributed by atoms with van der Waals surface area (Å²) in [5.74, 6) is 0. The minimum atomic E-state index is 1.01. The van der Waals surface area contributed by atoms with Gasteiger partial charge in [-0.3, -0.25) is 0 Å². The summed E-state index contributed by atoms with van der Waals surface area (Å²) in [7, 11) is 0. The van der Waals surface area contributed by atoms with Crippen LogP contribution in [0.2, 0.25) is 0 Å². The van der Waals surface area contributed by atoms with Gasteiger partial charge in [0.1, 0.15) is 0 Å². The van der Waals surface area contributed by atoms with Crippen LogP contribution < -0.4 is 19.6 Å². The molecule has 0 atom stereocenters. The molecule has 0 unspecified atom stereocenters. The normalized spacial score (nSPS) is 11.2. The van der Waals surface area contributed by atoms with E-state index in [0.717, 1.165) is 124 Å². The first-order valence-electron chi connectivity index (χ1n) is 47.2. The molecule has 0 amide bonds. The fourth-order valence-corrected chi connectivity index (χ4v) is 19.6. The van der Waals surface area contributed by atoms with E-state index in [1.165, 1.54) is 88.3 Å². The van der Waals surface area contributed by atoms with Gasteiger partial charge in [-0.05, 0) is 271 Å². The first kappa shape index (κ1) is 83.9. The van der Waals surface area contributed by atoms with E-state index in [1.807, 2.05) is 0 Å². The number of anilines is 12. The van der Waals surface area contributed by atoms with E-state index in [-0.39, 0.29) is 0 Å². The number of para-hydroxylation sites is 4. The Bertz CT molecular complexity index is 7600. The average molecular weight is 1760 g/mol. The highest BCUT2D eigenvalue weighted by Gasteiger charge is 2.27. The monoisotopic (exact) mass is 1760 g/mol. The van der Waals surface area contributed by atoms with Crippen LogP contribution in [0.25, 0.3) is 144 Å². The van der Waals surface area contributed by atoms with Gasteiger partial charge < -0.3 is 28.7 Å². The van der Waals surface area contributed by atoms with Gasteiger partial charge in [-0.25, -0.2) is 0 Å². The Labute approximate surface area is 805 Å². The molecule has 6 nitrogen and oxygen atoms in total. The predicted octanol–water partition coefficient (Wildman–Crippen LogP) is 36.8. The summed E-state index contributed by atoms with van der Waals surface area (Å²) in [5.41, 5.74) is 38.1. The van der Waals surface area contributed by atoms with Crippen molar-refractivity contribution in [1.82, 2.24) is 9.13 Å². The Morgan fingerprint density at radius 2 is 0.239 bits per heavy atom. The first-order valence-corrected chi connectivity index (χ1v) is 47.2. The van der Waals surface area contributed by atoms with Crippen molar-refractivity contribution in [1.29, 1.82) is 0 Å². The maximum Gasteiger partial charge on any atom is 0.0541 e. The highest BCUT2D eigenvalue weighted by atomic mass is 15.2. The van der Waals surface area contributed by atoms with Crippen molar-refractivity contribution in [2.45, 2.75) is 0 Å². The molecule has 24 rings (SSSR count). The van der Waals surface area contributed by atoms with Crippen molar-refractivity contribution in [3.8, 4) is 100 Å². The average Bonchev–Trinajstić information content (AvgIpc) is 1.60. The van der Waals surface area contributed by atoms with Crippen molar-refractivity contribution >= 4 is 112 Å². The molecule has 22 aromatic carbocycles. The summed E-state index contributed by atoms with van der Waals surface area (Å²) in [6.07, 6.45) is 0. The first-order chi connectivity index (χ1) is 68.4. The molecule has 652 valence electrons. The molecule has 0 bridgehead atoms. The number of hydrogen-bond acceptors (Lipinski definition) is 4. The molecule has 138 heavy (non-hydrogen) atoms. The van der Waals surface area contributed by atoms with Crippen LogP contribution in [0.4, 0.5) is 68.2 Å². The largest absolute Gasteiger partial charge is 0.310 e. The highest BCUT2D eigenvalue weighted by Crippen LogP contribution is 2.50. The van der Waals surface area contributed by atoms with Crippen molar-refractivity contribution < 1.29 is 0 Å². The van der Waals surface area contributed by atoms with E-state index in [9.17, 15) is 0 Å². The van der Waals surface area contributed by atoms with Crippen molar-refractivity contribution in [2.75, 3.05) is 19.6 Å². The van der Waals surface area contributed by atoms with Crippen molar-refractivity contribution in [2.24, 2.45) is 0 Å². The Kier molecular flexibility index (Phi) is 23.2. The second-order valence-corrected chi connectivity index (χ2v) is 34.8. The third-order valence-electron chi connectivity index (χ3n) is 26.3. The number of rotatable bonds is 22. The summed E-state index contributed by atoms with van der Waals surface area (Å²) >= 11 is 0. The number of benzene rings is 22. The van der Waals surface area contributed by atoms with E-state index >= 15 is 0 Å². The highest BCUT2D eigenvalue weighted by molar-refractivity contribution is 6.14. The minimum Gasteiger partial charge on any atom is -0.310 e. The van der Waals surface area contributed by atoms with Gasteiger partial charge >= 0.3 is 0 Å². The third-order valence-corrected chi connectivity index (χ3v) is 26.3. The SMILES string of the molecule is c1ccc(-c2ccc(N(c3ccc(-c4ccccc4)cc3)c3cc(N(c4ccc(-c5ccccc5)cc4)c4ccc(-c5ccccc5)cc4)cc(-n4c5ccc(-c6ccccc6)cc5c5cc(-c6ccccc6)ccc54)c3)cc2)cc1.c1ccc(-c2ccc3c(c2)c2cc(-c4ccccc4)ccc2n3-c2cc(N(c3ccccc3)c3ccccc3)cc(N(c3ccccc3)c3ccccc3)c2)cc1. The van der Waals surface area contributed by atoms with Gasteiger partial charge in [0.25, 0.3) is 0 Å². The van der Waals surface area contributed by atoms with E-state index in [1.54, 1.807) is 0 Å². The van der Waals surface area contributed by atoms with E-state index in [2.05, 4.69) is 599 Å². The fraction of sp³-hybridized carbons (Fsp3) is 0. The van der Waals surface area contributed by atoms with Gasteiger partial charge in [-0.1, -0.05) is 388 Å². The Morgan fingerprint density at radius 3 is 0.413 bits per heavy atom. The molecule has 24 aromatic rings. The van der Waals surface area contributed by atoms with Crippen LogP contribution in [0.3, 0.4) is 0 Å². The van der Waals surface area contributed by atoms with Crippen molar-refractivity contribution in [3.05, 3.63) is 570 Å². The third kappa shape index (κ3) is 17.1. The van der Waals surface area contributed by atoms with Crippen LogP contribution in [-0.4, -0.2) is 9.13 Å². The Balaban J connectivity index is 0.000000164. The zero-order valence-corrected chi connectivity index (χ0v) is 76.0. The fourth-order valence-electron chi connectivity index (χ4n) is 19.6. The molecule has 0 radical (unpaired) electrons. The van der Waals surface area contributed by atoms with Crippen LogP contribution in [0.1, 0.15) is 0 Å². The Morgan fingerprint density at radius 1 is 0.101 bits per heavy atom. The molecule has 0 fully saturated rings. The molecule has 2 heterocycles. The molecular formula is C132H94N6. The summed E-state index contributed by atoms with van der Waals surface area (Å²) < 4.78 is 4.93.